The lowest BCUT2D eigenvalue weighted by Crippen LogP contribution is -2.65. The van der Waals surface area contributed by atoms with Crippen LogP contribution in [0.2, 0.25) is 5.02 Å². The standard InChI is InChI=1S/C36H53ClN2O4S.C7H16N2/c1-9-12-29-20-30(37)16-17-32(29)36(6)23-39(33-19-28(22-40)15-18-35(33)43-24-36)21-26(4)31(10-2)34(42-8)14-11-13-25(3)27(5)44(41)38-7;1-7(8(2)3)5-9(4)6-7/h11,14-20,22,25-27,31,34,38H,9-10,12-13,21,23-24H2,1-8H3;5-6H2,1-4H3/b14-11+;/t25?,26?,27?,31?,34?,36-,44?;/m0./s1. The van der Waals surface area contributed by atoms with Crippen molar-refractivity contribution in [2.45, 2.75) is 96.5 Å². The second-order valence-electron chi connectivity index (χ2n) is 16.3. The van der Waals surface area contributed by atoms with Gasteiger partial charge in [0.05, 0.1) is 29.4 Å². The van der Waals surface area contributed by atoms with E-state index >= 15 is 0 Å². The fourth-order valence-corrected chi connectivity index (χ4v) is 9.07. The number of aryl methyl sites for hydroxylation is 1. The van der Waals surface area contributed by atoms with Crippen molar-refractivity contribution in [2.75, 3.05) is 73.0 Å². The van der Waals surface area contributed by atoms with Gasteiger partial charge in [-0.2, -0.15) is 0 Å². The zero-order chi connectivity index (χ0) is 39.5. The van der Waals surface area contributed by atoms with Crippen LogP contribution in [-0.4, -0.2) is 105 Å². The molecule has 2 heterocycles. The van der Waals surface area contributed by atoms with Crippen LogP contribution in [-0.2, 0) is 27.6 Å². The lowest BCUT2D eigenvalue weighted by molar-refractivity contribution is 0.00183. The molecule has 4 rings (SSSR count). The van der Waals surface area contributed by atoms with Crippen LogP contribution < -0.4 is 14.4 Å². The number of methoxy groups -OCH3 is 1. The fourth-order valence-electron chi connectivity index (χ4n) is 7.97. The highest BCUT2D eigenvalue weighted by atomic mass is 35.5. The molecule has 0 spiro atoms. The van der Waals surface area contributed by atoms with Crippen LogP contribution >= 0.6 is 11.6 Å². The molecule has 298 valence electrons. The molecule has 0 amide bonds. The van der Waals surface area contributed by atoms with E-state index in [2.05, 4.69) is 106 Å². The molecule has 53 heavy (non-hydrogen) atoms. The molecule has 6 unspecified atom stereocenters. The molecule has 0 bridgehead atoms. The summed E-state index contributed by atoms with van der Waals surface area (Å²) < 4.78 is 27.6. The van der Waals surface area contributed by atoms with Crippen LogP contribution in [0.4, 0.5) is 5.69 Å². The van der Waals surface area contributed by atoms with Gasteiger partial charge in [0.1, 0.15) is 12.0 Å². The molecule has 1 fully saturated rings. The Kier molecular flexibility index (Phi) is 17.5. The van der Waals surface area contributed by atoms with Gasteiger partial charge in [-0.25, -0.2) is 8.93 Å². The van der Waals surface area contributed by atoms with E-state index in [4.69, 9.17) is 21.1 Å². The van der Waals surface area contributed by atoms with Gasteiger partial charge in [0.15, 0.2) is 0 Å². The van der Waals surface area contributed by atoms with Crippen molar-refractivity contribution >= 4 is 34.6 Å². The first-order valence-electron chi connectivity index (χ1n) is 19.5. The second kappa shape index (κ2) is 20.6. The number of fused-ring (bicyclic) bond motifs is 1. The van der Waals surface area contributed by atoms with E-state index in [1.54, 1.807) is 14.2 Å². The minimum atomic E-state index is -1.05. The van der Waals surface area contributed by atoms with Crippen molar-refractivity contribution in [3.63, 3.8) is 0 Å². The first kappa shape index (κ1) is 45.1. The normalized spacial score (nSPS) is 22.0. The van der Waals surface area contributed by atoms with E-state index in [-0.39, 0.29) is 34.5 Å². The van der Waals surface area contributed by atoms with Gasteiger partial charge in [-0.15, -0.1) is 0 Å². The minimum absolute atomic E-state index is 0.0462. The van der Waals surface area contributed by atoms with Crippen molar-refractivity contribution in [3.8, 4) is 5.75 Å². The molecule has 2 aromatic carbocycles. The molecule has 8 nitrogen and oxygen atoms in total. The Labute approximate surface area is 329 Å². The first-order valence-corrected chi connectivity index (χ1v) is 21.0. The average Bonchev–Trinajstić information content (AvgIpc) is 3.25. The topological polar surface area (TPSA) is 74.3 Å². The molecule has 2 aliphatic rings. The van der Waals surface area contributed by atoms with Crippen LogP contribution in [0.5, 0.6) is 5.75 Å². The highest BCUT2D eigenvalue weighted by molar-refractivity contribution is 7.83. The molecule has 2 aliphatic heterocycles. The predicted molar refractivity (Wildman–Crippen MR) is 225 cm³/mol. The molecule has 0 radical (unpaired) electrons. The maximum atomic E-state index is 12.2. The summed E-state index contributed by atoms with van der Waals surface area (Å²) in [5.41, 5.74) is 4.27. The summed E-state index contributed by atoms with van der Waals surface area (Å²) in [6, 6.07) is 12.0. The number of ether oxygens (including phenoxy) is 2. The number of anilines is 1. The third-order valence-corrected chi connectivity index (χ3v) is 13.4. The van der Waals surface area contributed by atoms with Gasteiger partial charge in [-0.1, -0.05) is 77.3 Å². The van der Waals surface area contributed by atoms with Gasteiger partial charge in [0.25, 0.3) is 0 Å². The number of hydrogen-bond acceptors (Lipinski definition) is 7. The van der Waals surface area contributed by atoms with Crippen LogP contribution in [0, 0.1) is 17.8 Å². The molecule has 0 saturated carbocycles. The van der Waals surface area contributed by atoms with Crippen molar-refractivity contribution in [2.24, 2.45) is 17.8 Å². The zero-order valence-corrected chi connectivity index (χ0v) is 36.3. The quantitative estimate of drug-likeness (QED) is 0.129. The molecule has 10 heteroatoms. The summed E-state index contributed by atoms with van der Waals surface area (Å²) in [6.07, 6.45) is 9.01. The molecule has 1 N–H and O–H groups in total. The number of nitrogens with one attached hydrogen (secondary N) is 1. The van der Waals surface area contributed by atoms with E-state index in [1.807, 2.05) is 31.2 Å². The predicted octanol–water partition coefficient (Wildman–Crippen LogP) is 8.05. The van der Waals surface area contributed by atoms with E-state index in [1.165, 1.54) is 24.2 Å². The fraction of sp³-hybridized carbons (Fsp3) is 0.651. The maximum Gasteiger partial charge on any atom is 0.150 e. The van der Waals surface area contributed by atoms with E-state index < -0.39 is 11.0 Å². The number of likely N-dealkylation sites (N-methyl/N-ethyl adjacent to an activating group) is 2. The third-order valence-electron chi connectivity index (χ3n) is 11.7. The Hall–Kier alpha value is -2.27. The number of carbonyl (C=O) groups excluding carboxylic acids is 1. The Bertz CT molecular complexity index is 1520. The number of carbonyl (C=O) groups is 1. The number of likely N-dealkylation sites (tertiary alicyclic amines) is 1. The van der Waals surface area contributed by atoms with Crippen molar-refractivity contribution in [3.05, 3.63) is 70.3 Å². The number of rotatable bonds is 17. The van der Waals surface area contributed by atoms with Gasteiger partial charge in [-0.05, 0) is 114 Å². The summed E-state index contributed by atoms with van der Waals surface area (Å²) in [4.78, 5) is 18.9. The summed E-state index contributed by atoms with van der Waals surface area (Å²) in [6.45, 7) is 19.9. The van der Waals surface area contributed by atoms with Crippen molar-refractivity contribution in [1.82, 2.24) is 14.5 Å². The smallest absolute Gasteiger partial charge is 0.150 e. The molecule has 0 aromatic heterocycles. The van der Waals surface area contributed by atoms with Gasteiger partial charge >= 0.3 is 0 Å². The van der Waals surface area contributed by atoms with Crippen LogP contribution in [0.15, 0.2) is 48.6 Å². The molecule has 1 saturated heterocycles. The average molecular weight is 774 g/mol. The highest BCUT2D eigenvalue weighted by Gasteiger charge is 2.39. The van der Waals surface area contributed by atoms with Crippen LogP contribution in [0.3, 0.4) is 0 Å². The Morgan fingerprint density at radius 1 is 1.08 bits per heavy atom. The van der Waals surface area contributed by atoms with Crippen LogP contribution in [0.1, 0.15) is 89.2 Å². The third kappa shape index (κ3) is 11.9. The highest BCUT2D eigenvalue weighted by Crippen LogP contribution is 2.41. The molecular weight excluding hydrogens is 704 g/mol. The Morgan fingerprint density at radius 2 is 1.77 bits per heavy atom. The number of hydrogen-bond donors (Lipinski definition) is 1. The number of aldehydes is 1. The van der Waals surface area contributed by atoms with E-state index in [0.29, 0.717) is 17.7 Å². The van der Waals surface area contributed by atoms with E-state index in [9.17, 15) is 9.00 Å². The minimum Gasteiger partial charge on any atom is -0.490 e. The maximum absolute atomic E-state index is 12.2. The summed E-state index contributed by atoms with van der Waals surface area (Å²) in [5, 5.41) is 0.809. The van der Waals surface area contributed by atoms with Crippen LogP contribution in [0.25, 0.3) is 0 Å². The Morgan fingerprint density at radius 3 is 2.32 bits per heavy atom. The summed E-state index contributed by atoms with van der Waals surface area (Å²) >= 11 is 6.45. The second-order valence-corrected chi connectivity index (χ2v) is 18.5. The van der Waals surface area contributed by atoms with Gasteiger partial charge in [0, 0.05) is 60.1 Å². The molecule has 7 atom stereocenters. The number of allylic oxidation sites excluding steroid dienone is 1. The van der Waals surface area contributed by atoms with Gasteiger partial charge in [-0.3, -0.25) is 4.79 Å². The monoisotopic (exact) mass is 772 g/mol. The lowest BCUT2D eigenvalue weighted by Gasteiger charge is -2.50. The van der Waals surface area contributed by atoms with Gasteiger partial charge < -0.3 is 24.2 Å². The first-order chi connectivity index (χ1) is 25.1. The number of halogens is 1. The summed E-state index contributed by atoms with van der Waals surface area (Å²) in [7, 11) is 8.92. The van der Waals surface area contributed by atoms with Gasteiger partial charge in [0.2, 0.25) is 0 Å². The van der Waals surface area contributed by atoms with Crippen molar-refractivity contribution in [1.29, 1.82) is 0 Å². The SMILES string of the molecule is CCCc1cc(Cl)ccc1[C@]1(C)COc2ccc(C=O)cc2N(CC(C)C(CC)C(/C=C/CC(C)C(C)S(=O)NC)OC)C1.CN1CC(C)(N(C)C)C1. The Balaban J connectivity index is 0.000000731. The zero-order valence-electron chi connectivity index (χ0n) is 34.7. The molecular formula is C43H69ClN4O4S. The lowest BCUT2D eigenvalue weighted by atomic mass is 9.78. The largest absolute Gasteiger partial charge is 0.490 e. The molecule has 0 aliphatic carbocycles. The molecule has 2 aromatic rings. The van der Waals surface area contributed by atoms with E-state index in [0.717, 1.165) is 61.5 Å². The number of benzene rings is 2. The summed E-state index contributed by atoms with van der Waals surface area (Å²) in [5.74, 6) is 1.63. The number of nitrogens with zero attached hydrogens (tertiary/aromatic N) is 3. The van der Waals surface area contributed by atoms with Crippen molar-refractivity contribution < 1.29 is 18.5 Å².